The van der Waals surface area contributed by atoms with Crippen molar-refractivity contribution in [2.75, 3.05) is 6.61 Å². The fourth-order valence-corrected chi connectivity index (χ4v) is 2.18. The lowest BCUT2D eigenvalue weighted by Crippen LogP contribution is -2.07. The van der Waals surface area contributed by atoms with Gasteiger partial charge in [0.15, 0.2) is 5.78 Å². The number of ketones is 1. The van der Waals surface area contributed by atoms with Gasteiger partial charge < -0.3 is 4.74 Å². The zero-order valence-corrected chi connectivity index (χ0v) is 12.6. The van der Waals surface area contributed by atoms with Crippen LogP contribution in [0.3, 0.4) is 0 Å². The van der Waals surface area contributed by atoms with E-state index in [4.69, 9.17) is 4.74 Å². The third-order valence-electron chi connectivity index (χ3n) is 3.52. The van der Waals surface area contributed by atoms with Gasteiger partial charge in [-0.3, -0.25) is 4.79 Å². The Labute approximate surface area is 124 Å². The maximum atomic E-state index is 12.8. The summed E-state index contributed by atoms with van der Waals surface area (Å²) in [6, 6.07) is 9.67. The molecule has 0 heterocycles. The van der Waals surface area contributed by atoms with Crippen molar-refractivity contribution in [3.05, 3.63) is 64.5 Å². The van der Waals surface area contributed by atoms with E-state index < -0.39 is 0 Å². The minimum atomic E-state index is -0.339. The fourth-order valence-electron chi connectivity index (χ4n) is 2.18. The van der Waals surface area contributed by atoms with E-state index in [0.29, 0.717) is 12.2 Å². The number of aryl methyl sites for hydroxylation is 2. The van der Waals surface area contributed by atoms with E-state index in [1.165, 1.54) is 29.8 Å². The molecule has 0 aliphatic heterocycles. The number of benzene rings is 2. The van der Waals surface area contributed by atoms with Crippen LogP contribution < -0.4 is 4.74 Å². The largest absolute Gasteiger partial charge is 0.493 e. The van der Waals surface area contributed by atoms with Crippen molar-refractivity contribution in [3.63, 3.8) is 0 Å². The van der Waals surface area contributed by atoms with Gasteiger partial charge in [-0.25, -0.2) is 4.39 Å². The van der Waals surface area contributed by atoms with E-state index in [-0.39, 0.29) is 18.0 Å². The molecular formula is C18H19FO2. The topological polar surface area (TPSA) is 26.3 Å². The molecule has 21 heavy (non-hydrogen) atoms. The summed E-state index contributed by atoms with van der Waals surface area (Å²) in [7, 11) is 0. The minimum Gasteiger partial charge on any atom is -0.493 e. The van der Waals surface area contributed by atoms with Crippen molar-refractivity contribution >= 4 is 5.78 Å². The Morgan fingerprint density at radius 3 is 2.43 bits per heavy atom. The quantitative estimate of drug-likeness (QED) is 0.761. The Balaban J connectivity index is 1.95. The van der Waals surface area contributed by atoms with Gasteiger partial charge in [-0.2, -0.15) is 0 Å². The molecule has 0 aromatic heterocycles. The van der Waals surface area contributed by atoms with Crippen molar-refractivity contribution in [2.45, 2.75) is 27.2 Å². The van der Waals surface area contributed by atoms with Gasteiger partial charge in [0.2, 0.25) is 0 Å². The SMILES string of the molecule is Cc1cc(C)c(C)c(OCCC(=O)c2ccc(F)cc2)c1. The van der Waals surface area contributed by atoms with Gasteiger partial charge in [0, 0.05) is 12.0 Å². The molecule has 0 unspecified atom stereocenters. The van der Waals surface area contributed by atoms with Crippen LogP contribution >= 0.6 is 0 Å². The standard InChI is InChI=1S/C18H19FO2/c1-12-10-13(2)14(3)18(11-12)21-9-8-17(20)15-4-6-16(19)7-5-15/h4-7,10-11H,8-9H2,1-3H3. The number of carbonyl (C=O) groups excluding carboxylic acids is 1. The predicted molar refractivity (Wildman–Crippen MR) is 81.5 cm³/mol. The first kappa shape index (κ1) is 15.2. The Morgan fingerprint density at radius 1 is 1.10 bits per heavy atom. The number of ether oxygens (including phenoxy) is 1. The van der Waals surface area contributed by atoms with Gasteiger partial charge in [0.1, 0.15) is 11.6 Å². The van der Waals surface area contributed by atoms with E-state index >= 15 is 0 Å². The highest BCUT2D eigenvalue weighted by Gasteiger charge is 2.08. The van der Waals surface area contributed by atoms with Crippen LogP contribution in [-0.4, -0.2) is 12.4 Å². The lowest BCUT2D eigenvalue weighted by molar-refractivity contribution is 0.0962. The highest BCUT2D eigenvalue weighted by Crippen LogP contribution is 2.23. The van der Waals surface area contributed by atoms with Crippen molar-refractivity contribution in [2.24, 2.45) is 0 Å². The van der Waals surface area contributed by atoms with Crippen LogP contribution in [0, 0.1) is 26.6 Å². The van der Waals surface area contributed by atoms with Crippen LogP contribution in [0.15, 0.2) is 36.4 Å². The molecule has 0 amide bonds. The minimum absolute atomic E-state index is 0.0444. The molecule has 2 aromatic rings. The fraction of sp³-hybridized carbons (Fsp3) is 0.278. The molecule has 2 aromatic carbocycles. The third-order valence-corrected chi connectivity index (χ3v) is 3.52. The van der Waals surface area contributed by atoms with Crippen LogP contribution in [0.1, 0.15) is 33.5 Å². The molecule has 2 nitrogen and oxygen atoms in total. The van der Waals surface area contributed by atoms with Gasteiger partial charge in [-0.05, 0) is 67.8 Å². The van der Waals surface area contributed by atoms with Crippen LogP contribution in [0.2, 0.25) is 0 Å². The summed E-state index contributed by atoms with van der Waals surface area (Å²) >= 11 is 0. The molecule has 0 radical (unpaired) electrons. The van der Waals surface area contributed by atoms with E-state index in [1.807, 2.05) is 26.8 Å². The summed E-state index contributed by atoms with van der Waals surface area (Å²) in [6.07, 6.45) is 0.276. The van der Waals surface area contributed by atoms with Crippen LogP contribution in [0.4, 0.5) is 4.39 Å². The number of Topliss-reactive ketones (excluding diaryl/α,β-unsaturated/α-hetero) is 1. The Kier molecular flexibility index (Phi) is 4.73. The lowest BCUT2D eigenvalue weighted by atomic mass is 10.1. The molecule has 0 bridgehead atoms. The molecule has 0 spiro atoms. The average molecular weight is 286 g/mol. The zero-order chi connectivity index (χ0) is 15.4. The number of hydrogen-bond donors (Lipinski definition) is 0. The Bertz CT molecular complexity index is 645. The predicted octanol–water partition coefficient (Wildman–Crippen LogP) is 4.40. The van der Waals surface area contributed by atoms with E-state index in [9.17, 15) is 9.18 Å². The van der Waals surface area contributed by atoms with Gasteiger partial charge in [0.05, 0.1) is 6.61 Å². The second kappa shape index (κ2) is 6.53. The van der Waals surface area contributed by atoms with Gasteiger partial charge in [-0.15, -0.1) is 0 Å². The maximum Gasteiger partial charge on any atom is 0.166 e. The molecule has 110 valence electrons. The second-order valence-corrected chi connectivity index (χ2v) is 5.23. The summed E-state index contributed by atoms with van der Waals surface area (Å²) in [5, 5.41) is 0. The number of halogens is 1. The van der Waals surface area contributed by atoms with E-state index in [2.05, 4.69) is 6.07 Å². The smallest absolute Gasteiger partial charge is 0.166 e. The number of carbonyl (C=O) groups is 1. The van der Waals surface area contributed by atoms with Gasteiger partial charge in [-0.1, -0.05) is 6.07 Å². The van der Waals surface area contributed by atoms with Crippen molar-refractivity contribution < 1.29 is 13.9 Å². The molecule has 2 rings (SSSR count). The monoisotopic (exact) mass is 286 g/mol. The summed E-state index contributed by atoms with van der Waals surface area (Å²) in [5.74, 6) is 0.435. The first-order valence-electron chi connectivity index (χ1n) is 6.97. The van der Waals surface area contributed by atoms with Crippen LogP contribution in [0.5, 0.6) is 5.75 Å². The summed E-state index contributed by atoms with van der Waals surface area (Å²) in [6.45, 7) is 6.38. The zero-order valence-electron chi connectivity index (χ0n) is 12.6. The molecule has 0 N–H and O–H groups in total. The first-order valence-corrected chi connectivity index (χ1v) is 6.97. The summed E-state index contributed by atoms with van der Waals surface area (Å²) in [4.78, 5) is 12.0. The van der Waals surface area contributed by atoms with E-state index in [1.54, 1.807) is 0 Å². The first-order chi connectivity index (χ1) is 9.97. The lowest BCUT2D eigenvalue weighted by Gasteiger charge is -2.12. The van der Waals surface area contributed by atoms with Crippen molar-refractivity contribution in [1.29, 1.82) is 0 Å². The van der Waals surface area contributed by atoms with Crippen molar-refractivity contribution in [1.82, 2.24) is 0 Å². The van der Waals surface area contributed by atoms with Crippen LogP contribution in [0.25, 0.3) is 0 Å². The average Bonchev–Trinajstić information content (AvgIpc) is 2.44. The van der Waals surface area contributed by atoms with Gasteiger partial charge >= 0.3 is 0 Å². The molecule has 0 saturated carbocycles. The molecular weight excluding hydrogens is 267 g/mol. The Hall–Kier alpha value is -2.16. The maximum absolute atomic E-state index is 12.8. The van der Waals surface area contributed by atoms with Crippen molar-refractivity contribution in [3.8, 4) is 5.75 Å². The number of rotatable bonds is 5. The highest BCUT2D eigenvalue weighted by atomic mass is 19.1. The highest BCUT2D eigenvalue weighted by molar-refractivity contribution is 5.96. The molecule has 0 aliphatic carbocycles. The number of hydrogen-bond acceptors (Lipinski definition) is 2. The summed E-state index contributed by atoms with van der Waals surface area (Å²) in [5.41, 5.74) is 3.92. The Morgan fingerprint density at radius 2 is 1.76 bits per heavy atom. The van der Waals surface area contributed by atoms with E-state index in [0.717, 1.165) is 16.9 Å². The molecule has 0 fully saturated rings. The summed E-state index contributed by atoms with van der Waals surface area (Å²) < 4.78 is 18.5. The van der Waals surface area contributed by atoms with Crippen LogP contribution in [-0.2, 0) is 0 Å². The normalized spacial score (nSPS) is 10.5. The molecule has 0 aliphatic rings. The molecule has 0 atom stereocenters. The van der Waals surface area contributed by atoms with Gasteiger partial charge in [0.25, 0.3) is 0 Å². The molecule has 3 heteroatoms. The molecule has 0 saturated heterocycles. The second-order valence-electron chi connectivity index (χ2n) is 5.23. The third kappa shape index (κ3) is 3.91.